The zero-order chi connectivity index (χ0) is 13.8. The lowest BCUT2D eigenvalue weighted by atomic mass is 10.00. The maximum Gasteiger partial charge on any atom is 0.306 e. The molecule has 0 aliphatic rings. The zero-order valence-corrected chi connectivity index (χ0v) is 10.5. The maximum atomic E-state index is 11.9. The Morgan fingerprint density at radius 1 is 1.32 bits per heavy atom. The van der Waals surface area contributed by atoms with Gasteiger partial charge in [0.1, 0.15) is 0 Å². The van der Waals surface area contributed by atoms with Gasteiger partial charge in [0.05, 0.1) is 12.2 Å². The number of carboxylic acid groups (broad SMARTS) is 1. The molecule has 1 aromatic carbocycles. The first kappa shape index (κ1) is 13.0. The Morgan fingerprint density at radius 2 is 2.00 bits per heavy atom. The number of hydrogen-bond acceptors (Lipinski definition) is 3. The van der Waals surface area contributed by atoms with Crippen LogP contribution in [-0.2, 0) is 4.79 Å². The van der Waals surface area contributed by atoms with Crippen LogP contribution in [0.5, 0.6) is 0 Å². The molecule has 0 radical (unpaired) electrons. The second kappa shape index (κ2) is 5.48. The van der Waals surface area contributed by atoms with Crippen LogP contribution < -0.4 is 0 Å². The van der Waals surface area contributed by atoms with Crippen LogP contribution in [0.2, 0.25) is 0 Å². The fourth-order valence-electron chi connectivity index (χ4n) is 1.71. The minimum atomic E-state index is -0.955. The summed E-state index contributed by atoms with van der Waals surface area (Å²) in [7, 11) is 0. The van der Waals surface area contributed by atoms with E-state index < -0.39 is 11.9 Å². The van der Waals surface area contributed by atoms with Crippen molar-refractivity contribution in [3.05, 3.63) is 48.5 Å². The fourth-order valence-corrected chi connectivity index (χ4v) is 1.71. The molecule has 0 saturated heterocycles. The summed E-state index contributed by atoms with van der Waals surface area (Å²) in [4.78, 5) is 26.5. The predicted octanol–water partition coefficient (Wildman–Crippen LogP) is 2.17. The van der Waals surface area contributed by atoms with Crippen LogP contribution in [0.3, 0.4) is 0 Å². The Balaban J connectivity index is 2.10. The first-order valence-corrected chi connectivity index (χ1v) is 5.92. The number of aromatic nitrogens is 2. The number of carbonyl (C=O) groups excluding carboxylic acids is 1. The van der Waals surface area contributed by atoms with Crippen LogP contribution in [-0.4, -0.2) is 26.4 Å². The smallest absolute Gasteiger partial charge is 0.306 e. The molecule has 19 heavy (non-hydrogen) atoms. The van der Waals surface area contributed by atoms with Gasteiger partial charge >= 0.3 is 5.97 Å². The average molecular weight is 258 g/mol. The third kappa shape index (κ3) is 3.07. The summed E-state index contributed by atoms with van der Waals surface area (Å²) in [6.07, 6.45) is 5.17. The molecule has 0 aliphatic heterocycles. The van der Waals surface area contributed by atoms with E-state index in [1.807, 2.05) is 10.8 Å². The quantitative estimate of drug-likeness (QED) is 0.834. The van der Waals surface area contributed by atoms with Gasteiger partial charge < -0.3 is 9.67 Å². The summed E-state index contributed by atoms with van der Waals surface area (Å²) >= 11 is 0. The highest BCUT2D eigenvalue weighted by molar-refractivity contribution is 5.98. The molecular weight excluding hydrogens is 244 g/mol. The normalized spacial score (nSPS) is 12.1. The van der Waals surface area contributed by atoms with E-state index in [2.05, 4.69) is 4.98 Å². The third-order valence-electron chi connectivity index (χ3n) is 2.90. The van der Waals surface area contributed by atoms with E-state index in [0.29, 0.717) is 5.56 Å². The number of aliphatic carboxylic acids is 1. The summed E-state index contributed by atoms with van der Waals surface area (Å²) in [5, 5.41) is 8.78. The largest absolute Gasteiger partial charge is 0.481 e. The lowest BCUT2D eigenvalue weighted by molar-refractivity contribution is -0.141. The standard InChI is InChI=1S/C14H14N2O3/c1-10(14(18)19)8-13(17)11-2-4-12(5-3-11)16-7-6-15-9-16/h2-7,9-10H,8H2,1H3,(H,18,19)/t10-/m0/s1. The van der Waals surface area contributed by atoms with Crippen LogP contribution in [0, 0.1) is 5.92 Å². The van der Waals surface area contributed by atoms with E-state index in [-0.39, 0.29) is 12.2 Å². The van der Waals surface area contributed by atoms with Crippen molar-refractivity contribution in [2.45, 2.75) is 13.3 Å². The number of hydrogen-bond donors (Lipinski definition) is 1. The molecule has 0 unspecified atom stereocenters. The minimum Gasteiger partial charge on any atom is -0.481 e. The van der Waals surface area contributed by atoms with Gasteiger partial charge in [-0.1, -0.05) is 6.92 Å². The van der Waals surface area contributed by atoms with E-state index in [1.54, 1.807) is 36.8 Å². The van der Waals surface area contributed by atoms with Gasteiger partial charge in [0.25, 0.3) is 0 Å². The first-order chi connectivity index (χ1) is 9.08. The fraction of sp³-hybridized carbons (Fsp3) is 0.214. The second-order valence-corrected chi connectivity index (χ2v) is 4.38. The van der Waals surface area contributed by atoms with E-state index in [9.17, 15) is 9.59 Å². The SMILES string of the molecule is C[C@@H](CC(=O)c1ccc(-n2ccnc2)cc1)C(=O)O. The zero-order valence-electron chi connectivity index (χ0n) is 10.5. The van der Waals surface area contributed by atoms with Crippen molar-refractivity contribution in [3.63, 3.8) is 0 Å². The summed E-state index contributed by atoms with van der Waals surface area (Å²) in [6.45, 7) is 1.53. The molecule has 0 bridgehead atoms. The Labute approximate surface area is 110 Å². The molecule has 1 heterocycles. The third-order valence-corrected chi connectivity index (χ3v) is 2.90. The highest BCUT2D eigenvalue weighted by atomic mass is 16.4. The predicted molar refractivity (Wildman–Crippen MR) is 69.3 cm³/mol. The molecule has 2 rings (SSSR count). The Bertz CT molecular complexity index is 573. The van der Waals surface area contributed by atoms with Crippen molar-refractivity contribution in [2.24, 2.45) is 5.92 Å². The highest BCUT2D eigenvalue weighted by Gasteiger charge is 2.16. The van der Waals surface area contributed by atoms with E-state index in [4.69, 9.17) is 5.11 Å². The number of Topliss-reactive ketones (excluding diaryl/α,β-unsaturated/α-hetero) is 1. The molecule has 98 valence electrons. The van der Waals surface area contributed by atoms with Crippen molar-refractivity contribution in [3.8, 4) is 5.69 Å². The molecule has 0 aliphatic carbocycles. The molecular formula is C14H14N2O3. The monoisotopic (exact) mass is 258 g/mol. The van der Waals surface area contributed by atoms with Crippen molar-refractivity contribution >= 4 is 11.8 Å². The van der Waals surface area contributed by atoms with E-state index in [1.165, 1.54) is 6.92 Å². The van der Waals surface area contributed by atoms with Crippen molar-refractivity contribution in [2.75, 3.05) is 0 Å². The van der Waals surface area contributed by atoms with Crippen LogP contribution in [0.25, 0.3) is 5.69 Å². The number of carboxylic acids is 1. The van der Waals surface area contributed by atoms with Crippen LogP contribution in [0.1, 0.15) is 23.7 Å². The number of carbonyl (C=O) groups is 2. The first-order valence-electron chi connectivity index (χ1n) is 5.92. The molecule has 0 spiro atoms. The highest BCUT2D eigenvalue weighted by Crippen LogP contribution is 2.13. The van der Waals surface area contributed by atoms with E-state index in [0.717, 1.165) is 5.69 Å². The molecule has 2 aromatic rings. The number of nitrogens with zero attached hydrogens (tertiary/aromatic N) is 2. The number of rotatable bonds is 5. The number of benzene rings is 1. The molecule has 1 atom stereocenters. The summed E-state index contributed by atoms with van der Waals surface area (Å²) in [5.74, 6) is -1.78. The maximum absolute atomic E-state index is 11.9. The average Bonchev–Trinajstić information content (AvgIpc) is 2.92. The van der Waals surface area contributed by atoms with Crippen LogP contribution in [0.4, 0.5) is 0 Å². The van der Waals surface area contributed by atoms with Crippen molar-refractivity contribution in [1.29, 1.82) is 0 Å². The molecule has 5 nitrogen and oxygen atoms in total. The summed E-state index contributed by atoms with van der Waals surface area (Å²) in [5.41, 5.74) is 1.43. The molecule has 1 aromatic heterocycles. The lowest BCUT2D eigenvalue weighted by Crippen LogP contribution is -2.14. The molecule has 0 fully saturated rings. The number of ketones is 1. The number of imidazole rings is 1. The van der Waals surface area contributed by atoms with Crippen LogP contribution >= 0.6 is 0 Å². The van der Waals surface area contributed by atoms with E-state index >= 15 is 0 Å². The van der Waals surface area contributed by atoms with Gasteiger partial charge in [-0.2, -0.15) is 0 Å². The van der Waals surface area contributed by atoms with Gasteiger partial charge in [-0.25, -0.2) is 4.98 Å². The minimum absolute atomic E-state index is 0.0136. The second-order valence-electron chi connectivity index (χ2n) is 4.38. The Kier molecular flexibility index (Phi) is 3.75. The van der Waals surface area contributed by atoms with Gasteiger partial charge in [0.2, 0.25) is 0 Å². The van der Waals surface area contributed by atoms with Crippen LogP contribution in [0.15, 0.2) is 43.0 Å². The van der Waals surface area contributed by atoms with Gasteiger partial charge in [-0.3, -0.25) is 9.59 Å². The summed E-state index contributed by atoms with van der Waals surface area (Å²) < 4.78 is 1.83. The van der Waals surface area contributed by atoms with Gasteiger partial charge in [0, 0.05) is 30.1 Å². The molecule has 1 N–H and O–H groups in total. The van der Waals surface area contributed by atoms with Gasteiger partial charge in [0.15, 0.2) is 5.78 Å². The molecule has 5 heteroatoms. The van der Waals surface area contributed by atoms with Gasteiger partial charge in [-0.05, 0) is 24.3 Å². The van der Waals surface area contributed by atoms with Gasteiger partial charge in [-0.15, -0.1) is 0 Å². The Morgan fingerprint density at radius 3 is 2.53 bits per heavy atom. The topological polar surface area (TPSA) is 72.2 Å². The van der Waals surface area contributed by atoms with Crippen molar-refractivity contribution < 1.29 is 14.7 Å². The molecule has 0 amide bonds. The molecule has 0 saturated carbocycles. The Hall–Kier alpha value is -2.43. The van der Waals surface area contributed by atoms with Crippen molar-refractivity contribution in [1.82, 2.24) is 9.55 Å². The lowest BCUT2D eigenvalue weighted by Gasteiger charge is -2.06. The summed E-state index contributed by atoms with van der Waals surface area (Å²) in [6, 6.07) is 7.01.